The standard InChI is InChI=1S/C14H19NO3/c1-18-13(11-6-7-11)9-15-8-10-2-4-12(5-3-10)14(16)17/h2-5,11,13,15H,6-9H2,1H3,(H,16,17). The number of rotatable bonds is 7. The molecule has 4 nitrogen and oxygen atoms in total. The molecule has 0 heterocycles. The Balaban J connectivity index is 1.77. The van der Waals surface area contributed by atoms with Gasteiger partial charge in [0, 0.05) is 20.2 Å². The molecule has 2 N–H and O–H groups in total. The minimum absolute atomic E-state index is 0.309. The quantitative estimate of drug-likeness (QED) is 0.775. The van der Waals surface area contributed by atoms with Crippen LogP contribution in [0.25, 0.3) is 0 Å². The second kappa shape index (κ2) is 5.98. The van der Waals surface area contributed by atoms with Gasteiger partial charge in [0.2, 0.25) is 0 Å². The summed E-state index contributed by atoms with van der Waals surface area (Å²) in [4.78, 5) is 10.7. The Labute approximate surface area is 107 Å². The van der Waals surface area contributed by atoms with Crippen molar-refractivity contribution in [2.75, 3.05) is 13.7 Å². The first kappa shape index (κ1) is 13.1. The lowest BCUT2D eigenvalue weighted by Gasteiger charge is -2.15. The predicted molar refractivity (Wildman–Crippen MR) is 68.6 cm³/mol. The molecule has 2 rings (SSSR count). The minimum Gasteiger partial charge on any atom is -0.478 e. The fourth-order valence-electron chi connectivity index (χ4n) is 2.03. The predicted octanol–water partition coefficient (Wildman–Crippen LogP) is 1.90. The zero-order valence-electron chi connectivity index (χ0n) is 10.6. The minimum atomic E-state index is -0.886. The molecule has 0 radical (unpaired) electrons. The van der Waals surface area contributed by atoms with Gasteiger partial charge >= 0.3 is 5.97 Å². The van der Waals surface area contributed by atoms with Crippen molar-refractivity contribution in [3.8, 4) is 0 Å². The van der Waals surface area contributed by atoms with Gasteiger partial charge in [-0.2, -0.15) is 0 Å². The summed E-state index contributed by atoms with van der Waals surface area (Å²) in [7, 11) is 1.76. The fraction of sp³-hybridized carbons (Fsp3) is 0.500. The Bertz CT molecular complexity index is 398. The van der Waals surface area contributed by atoms with E-state index < -0.39 is 5.97 Å². The van der Waals surface area contributed by atoms with E-state index in [1.807, 2.05) is 12.1 Å². The van der Waals surface area contributed by atoms with Crippen LogP contribution in [0.2, 0.25) is 0 Å². The molecule has 0 spiro atoms. The highest BCUT2D eigenvalue weighted by molar-refractivity contribution is 5.87. The molecule has 0 aliphatic heterocycles. The highest BCUT2D eigenvalue weighted by Gasteiger charge is 2.30. The Hall–Kier alpha value is -1.39. The Morgan fingerprint density at radius 1 is 1.44 bits per heavy atom. The second-order valence-corrected chi connectivity index (χ2v) is 4.74. The third kappa shape index (κ3) is 3.55. The number of carbonyl (C=O) groups is 1. The summed E-state index contributed by atoms with van der Waals surface area (Å²) in [5, 5.41) is 12.1. The number of carboxylic acid groups (broad SMARTS) is 1. The molecule has 1 saturated carbocycles. The molecule has 98 valence electrons. The van der Waals surface area contributed by atoms with Crippen LogP contribution in [-0.2, 0) is 11.3 Å². The average molecular weight is 249 g/mol. The van der Waals surface area contributed by atoms with Crippen LogP contribution in [0, 0.1) is 5.92 Å². The summed E-state index contributed by atoms with van der Waals surface area (Å²) < 4.78 is 5.42. The number of carboxylic acids is 1. The molecule has 0 bridgehead atoms. The van der Waals surface area contributed by atoms with E-state index in [1.54, 1.807) is 19.2 Å². The molecule has 1 aromatic carbocycles. The van der Waals surface area contributed by atoms with Crippen LogP contribution in [0.3, 0.4) is 0 Å². The number of nitrogens with one attached hydrogen (secondary N) is 1. The third-order valence-corrected chi connectivity index (χ3v) is 3.33. The monoisotopic (exact) mass is 249 g/mol. The van der Waals surface area contributed by atoms with Crippen LogP contribution in [0.1, 0.15) is 28.8 Å². The summed E-state index contributed by atoms with van der Waals surface area (Å²) in [5.41, 5.74) is 1.41. The second-order valence-electron chi connectivity index (χ2n) is 4.74. The number of aromatic carboxylic acids is 1. The first-order valence-electron chi connectivity index (χ1n) is 6.26. The van der Waals surface area contributed by atoms with Crippen LogP contribution in [0.4, 0.5) is 0 Å². The third-order valence-electron chi connectivity index (χ3n) is 3.33. The van der Waals surface area contributed by atoms with Gasteiger partial charge < -0.3 is 15.2 Å². The number of benzene rings is 1. The van der Waals surface area contributed by atoms with Crippen LogP contribution >= 0.6 is 0 Å². The topological polar surface area (TPSA) is 58.6 Å². The van der Waals surface area contributed by atoms with Gasteiger partial charge in [-0.15, -0.1) is 0 Å². The Morgan fingerprint density at radius 2 is 2.11 bits per heavy atom. The van der Waals surface area contributed by atoms with Crippen molar-refractivity contribution < 1.29 is 14.6 Å². The molecule has 4 heteroatoms. The van der Waals surface area contributed by atoms with E-state index in [9.17, 15) is 4.79 Å². The van der Waals surface area contributed by atoms with Crippen LogP contribution in [0.15, 0.2) is 24.3 Å². The molecule has 0 amide bonds. The van der Waals surface area contributed by atoms with E-state index in [0.29, 0.717) is 11.7 Å². The SMILES string of the molecule is COC(CNCc1ccc(C(=O)O)cc1)C1CC1. The lowest BCUT2D eigenvalue weighted by Crippen LogP contribution is -2.29. The van der Waals surface area contributed by atoms with Gasteiger partial charge in [-0.25, -0.2) is 4.79 Å². The molecule has 0 aromatic heterocycles. The Kier molecular flexibility index (Phi) is 4.33. The molecule has 1 aliphatic carbocycles. The van der Waals surface area contributed by atoms with Crippen LogP contribution < -0.4 is 5.32 Å². The summed E-state index contributed by atoms with van der Waals surface area (Å²) in [6.07, 6.45) is 2.85. The molecule has 1 aliphatic rings. The molecule has 0 saturated heterocycles. The molecular weight excluding hydrogens is 230 g/mol. The lowest BCUT2D eigenvalue weighted by molar-refractivity contribution is 0.0697. The van der Waals surface area contributed by atoms with E-state index >= 15 is 0 Å². The molecule has 18 heavy (non-hydrogen) atoms. The van der Waals surface area contributed by atoms with E-state index in [1.165, 1.54) is 12.8 Å². The van der Waals surface area contributed by atoms with E-state index in [4.69, 9.17) is 9.84 Å². The van der Waals surface area contributed by atoms with Crippen molar-refractivity contribution in [3.63, 3.8) is 0 Å². The van der Waals surface area contributed by atoms with Gasteiger partial charge in [-0.1, -0.05) is 12.1 Å². The zero-order valence-corrected chi connectivity index (χ0v) is 10.6. The molecule has 1 aromatic rings. The maximum absolute atomic E-state index is 10.7. The van der Waals surface area contributed by atoms with Crippen molar-refractivity contribution in [1.29, 1.82) is 0 Å². The van der Waals surface area contributed by atoms with Crippen LogP contribution in [0.5, 0.6) is 0 Å². The van der Waals surface area contributed by atoms with E-state index in [0.717, 1.165) is 24.6 Å². The molecule has 1 atom stereocenters. The molecular formula is C14H19NO3. The molecule has 1 fully saturated rings. The van der Waals surface area contributed by atoms with Crippen molar-refractivity contribution >= 4 is 5.97 Å². The highest BCUT2D eigenvalue weighted by Crippen LogP contribution is 2.33. The van der Waals surface area contributed by atoms with Crippen molar-refractivity contribution in [2.45, 2.75) is 25.5 Å². The van der Waals surface area contributed by atoms with E-state index in [2.05, 4.69) is 5.32 Å². The Morgan fingerprint density at radius 3 is 2.61 bits per heavy atom. The highest BCUT2D eigenvalue weighted by atomic mass is 16.5. The van der Waals surface area contributed by atoms with Gasteiger partial charge in [0.15, 0.2) is 0 Å². The largest absolute Gasteiger partial charge is 0.478 e. The lowest BCUT2D eigenvalue weighted by atomic mass is 10.1. The summed E-state index contributed by atoms with van der Waals surface area (Å²) in [5.74, 6) is -0.167. The number of hydrogen-bond donors (Lipinski definition) is 2. The first-order valence-corrected chi connectivity index (χ1v) is 6.26. The maximum atomic E-state index is 10.7. The zero-order chi connectivity index (χ0) is 13.0. The average Bonchev–Trinajstić information content (AvgIpc) is 3.19. The van der Waals surface area contributed by atoms with E-state index in [-0.39, 0.29) is 0 Å². The van der Waals surface area contributed by atoms with Gasteiger partial charge in [-0.3, -0.25) is 0 Å². The summed E-state index contributed by atoms with van der Waals surface area (Å²) >= 11 is 0. The fourth-order valence-corrected chi connectivity index (χ4v) is 2.03. The first-order chi connectivity index (χ1) is 8.70. The summed E-state index contributed by atoms with van der Waals surface area (Å²) in [6.45, 7) is 1.59. The smallest absolute Gasteiger partial charge is 0.335 e. The normalized spacial score (nSPS) is 16.5. The van der Waals surface area contributed by atoms with Gasteiger partial charge in [0.1, 0.15) is 0 Å². The number of methoxy groups -OCH3 is 1. The van der Waals surface area contributed by atoms with Crippen LogP contribution in [-0.4, -0.2) is 30.8 Å². The van der Waals surface area contributed by atoms with Gasteiger partial charge in [-0.05, 0) is 36.5 Å². The summed E-state index contributed by atoms with van der Waals surface area (Å²) in [6, 6.07) is 6.95. The maximum Gasteiger partial charge on any atom is 0.335 e. The van der Waals surface area contributed by atoms with Crippen molar-refractivity contribution in [3.05, 3.63) is 35.4 Å². The number of hydrogen-bond acceptors (Lipinski definition) is 3. The number of ether oxygens (including phenoxy) is 1. The van der Waals surface area contributed by atoms with Crippen molar-refractivity contribution in [1.82, 2.24) is 5.32 Å². The molecule has 1 unspecified atom stereocenters. The van der Waals surface area contributed by atoms with Gasteiger partial charge in [0.05, 0.1) is 11.7 Å². The van der Waals surface area contributed by atoms with Crippen molar-refractivity contribution in [2.24, 2.45) is 5.92 Å². The van der Waals surface area contributed by atoms with Gasteiger partial charge in [0.25, 0.3) is 0 Å².